The number of halogens is 1. The number of carbonyl (C=O) groups is 1. The van der Waals surface area contributed by atoms with E-state index < -0.39 is 0 Å². The summed E-state index contributed by atoms with van der Waals surface area (Å²) in [5.74, 6) is -0.324. The van der Waals surface area contributed by atoms with Gasteiger partial charge in [-0.15, -0.1) is 0 Å². The number of nitrogens with two attached hydrogens (primary N) is 1. The molecule has 0 saturated carbocycles. The van der Waals surface area contributed by atoms with Crippen molar-refractivity contribution in [3.8, 4) is 0 Å². The fraction of sp³-hybridized carbons (Fsp3) is 0.188. The third-order valence-corrected chi connectivity index (χ3v) is 2.58. The summed E-state index contributed by atoms with van der Waals surface area (Å²) in [6.07, 6.45) is 0. The second-order valence-corrected chi connectivity index (χ2v) is 4.31. The van der Waals surface area contributed by atoms with Crippen molar-refractivity contribution in [1.82, 2.24) is 0 Å². The average molecular weight is 290 g/mol. The molecule has 0 bridgehead atoms. The van der Waals surface area contributed by atoms with E-state index in [-0.39, 0.29) is 18.2 Å². The van der Waals surface area contributed by atoms with E-state index in [0.29, 0.717) is 16.9 Å². The molecule has 0 radical (unpaired) electrons. The van der Waals surface area contributed by atoms with Crippen LogP contribution in [0.2, 0.25) is 0 Å². The van der Waals surface area contributed by atoms with Crippen LogP contribution in [0.25, 0.3) is 0 Å². The molecule has 0 aliphatic heterocycles. The van der Waals surface area contributed by atoms with Crippen molar-refractivity contribution in [3.63, 3.8) is 0 Å². The summed E-state index contributed by atoms with van der Waals surface area (Å²) in [6.45, 7) is 3.42. The van der Waals surface area contributed by atoms with E-state index in [0.717, 1.165) is 5.69 Å². The summed E-state index contributed by atoms with van der Waals surface area (Å²) in [5, 5.41) is 10.6. The summed E-state index contributed by atoms with van der Waals surface area (Å²) in [5.41, 5.74) is 8.32. The van der Waals surface area contributed by atoms with Gasteiger partial charge in [0.15, 0.2) is 5.78 Å². The van der Waals surface area contributed by atoms with Crippen molar-refractivity contribution in [1.29, 1.82) is 0 Å². The normalized spacial score (nSPS) is 9.52. The second kappa shape index (κ2) is 8.01. The van der Waals surface area contributed by atoms with Gasteiger partial charge in [0, 0.05) is 17.9 Å². The maximum Gasteiger partial charge on any atom is 0.159 e. The van der Waals surface area contributed by atoms with Crippen LogP contribution in [-0.2, 0) is 0 Å². The monoisotopic (exact) mass is 290 g/mol. The molecule has 5 heteroatoms. The van der Waals surface area contributed by atoms with Crippen molar-refractivity contribution in [3.05, 3.63) is 53.8 Å². The molecule has 0 atom stereocenters. The highest BCUT2D eigenvalue weighted by Crippen LogP contribution is 2.24. The van der Waals surface area contributed by atoms with Gasteiger partial charge in [-0.25, -0.2) is 4.39 Å². The van der Waals surface area contributed by atoms with Crippen LogP contribution in [0, 0.1) is 5.82 Å². The van der Waals surface area contributed by atoms with Crippen molar-refractivity contribution in [2.75, 3.05) is 17.7 Å². The summed E-state index contributed by atoms with van der Waals surface area (Å²) in [4.78, 5) is 11.2. The van der Waals surface area contributed by atoms with Crippen LogP contribution in [0.3, 0.4) is 0 Å². The number of ketones is 1. The van der Waals surface area contributed by atoms with Gasteiger partial charge < -0.3 is 16.2 Å². The molecule has 0 aliphatic carbocycles. The van der Waals surface area contributed by atoms with Crippen LogP contribution < -0.4 is 11.1 Å². The minimum absolute atomic E-state index is 0.0324. The Hall–Kier alpha value is -2.40. The van der Waals surface area contributed by atoms with Gasteiger partial charge >= 0.3 is 0 Å². The molecule has 0 fully saturated rings. The second-order valence-electron chi connectivity index (χ2n) is 4.31. The van der Waals surface area contributed by atoms with E-state index in [4.69, 9.17) is 10.8 Å². The molecule has 2 aromatic carbocycles. The number of aliphatic hydroxyl groups excluding tert-OH is 1. The highest BCUT2D eigenvalue weighted by Gasteiger charge is 2.04. The molecule has 0 aliphatic rings. The number of hydrogen-bond donors (Lipinski definition) is 3. The number of carbonyl (C=O) groups excluding carboxylic acids is 1. The van der Waals surface area contributed by atoms with Crippen LogP contribution in [-0.4, -0.2) is 17.5 Å². The van der Waals surface area contributed by atoms with Gasteiger partial charge in [-0.1, -0.05) is 0 Å². The lowest BCUT2D eigenvalue weighted by Crippen LogP contribution is -1.99. The Kier molecular flexibility index (Phi) is 6.36. The standard InChI is InChI=1S/C14H13FN2O.C2H6O/c1-9(18)10-2-7-14(13(16)8-10)17-12-5-3-11(15)4-6-12;1-2-3/h2-8,17H,16H2,1H3;3H,2H2,1H3. The zero-order valence-electron chi connectivity index (χ0n) is 12.1. The first-order valence-electron chi connectivity index (χ1n) is 6.51. The Labute approximate surface area is 123 Å². The van der Waals surface area contributed by atoms with E-state index >= 15 is 0 Å². The third kappa shape index (κ3) is 5.24. The zero-order valence-corrected chi connectivity index (χ0v) is 12.1. The number of Topliss-reactive ketones (excluding diaryl/α,β-unsaturated/α-hetero) is 1. The zero-order chi connectivity index (χ0) is 15.8. The van der Waals surface area contributed by atoms with Crippen LogP contribution in [0.5, 0.6) is 0 Å². The summed E-state index contributed by atoms with van der Waals surface area (Å²) in [6, 6.07) is 11.0. The fourth-order valence-electron chi connectivity index (χ4n) is 1.58. The highest BCUT2D eigenvalue weighted by molar-refractivity contribution is 5.96. The van der Waals surface area contributed by atoms with Crippen molar-refractivity contribution >= 4 is 22.8 Å². The topological polar surface area (TPSA) is 75.4 Å². The van der Waals surface area contributed by atoms with Crippen LogP contribution in [0.15, 0.2) is 42.5 Å². The Morgan fingerprint density at radius 1 is 1.24 bits per heavy atom. The third-order valence-electron chi connectivity index (χ3n) is 2.58. The molecule has 2 rings (SSSR count). The molecule has 2 aromatic rings. The quantitative estimate of drug-likeness (QED) is 0.598. The smallest absolute Gasteiger partial charge is 0.159 e. The lowest BCUT2D eigenvalue weighted by atomic mass is 10.1. The number of benzene rings is 2. The van der Waals surface area contributed by atoms with Gasteiger partial charge in [0.25, 0.3) is 0 Å². The van der Waals surface area contributed by atoms with Crippen LogP contribution in [0.1, 0.15) is 24.2 Å². The number of hydrogen-bond acceptors (Lipinski definition) is 4. The first-order chi connectivity index (χ1) is 9.97. The molecule has 4 N–H and O–H groups in total. The van der Waals surface area contributed by atoms with Gasteiger partial charge in [-0.2, -0.15) is 0 Å². The SMILES string of the molecule is CC(=O)c1ccc(Nc2ccc(F)cc2)c(N)c1.CCO. The molecule has 112 valence electrons. The number of rotatable bonds is 3. The first kappa shape index (κ1) is 16.7. The highest BCUT2D eigenvalue weighted by atomic mass is 19.1. The van der Waals surface area contributed by atoms with Gasteiger partial charge in [0.05, 0.1) is 11.4 Å². The Balaban J connectivity index is 0.000000677. The van der Waals surface area contributed by atoms with E-state index in [1.165, 1.54) is 19.1 Å². The lowest BCUT2D eigenvalue weighted by molar-refractivity contribution is 0.101. The molecule has 0 amide bonds. The predicted octanol–water partition coefficient (Wildman–Crippen LogP) is 3.35. The van der Waals surface area contributed by atoms with Crippen molar-refractivity contribution in [2.24, 2.45) is 0 Å². The summed E-state index contributed by atoms with van der Waals surface area (Å²) in [7, 11) is 0. The van der Waals surface area contributed by atoms with E-state index in [9.17, 15) is 9.18 Å². The van der Waals surface area contributed by atoms with Gasteiger partial charge in [-0.3, -0.25) is 4.79 Å². The summed E-state index contributed by atoms with van der Waals surface area (Å²) >= 11 is 0. The average Bonchev–Trinajstić information content (AvgIpc) is 2.44. The minimum Gasteiger partial charge on any atom is -0.397 e. The molecule has 21 heavy (non-hydrogen) atoms. The fourth-order valence-corrected chi connectivity index (χ4v) is 1.58. The van der Waals surface area contributed by atoms with Crippen LogP contribution in [0.4, 0.5) is 21.5 Å². The number of nitrogen functional groups attached to an aromatic ring is 1. The number of anilines is 3. The van der Waals surface area contributed by atoms with Crippen molar-refractivity contribution in [2.45, 2.75) is 13.8 Å². The molecule has 4 nitrogen and oxygen atoms in total. The summed E-state index contributed by atoms with van der Waals surface area (Å²) < 4.78 is 12.8. The lowest BCUT2D eigenvalue weighted by Gasteiger charge is -2.10. The Bertz CT molecular complexity index is 598. The molecular formula is C16H19FN2O2. The van der Waals surface area contributed by atoms with Gasteiger partial charge in [-0.05, 0) is 56.3 Å². The largest absolute Gasteiger partial charge is 0.397 e. The molecule has 0 aromatic heterocycles. The maximum absolute atomic E-state index is 12.8. The van der Waals surface area contributed by atoms with E-state index in [1.807, 2.05) is 0 Å². The molecule has 0 heterocycles. The van der Waals surface area contributed by atoms with Crippen LogP contribution >= 0.6 is 0 Å². The molecule has 0 saturated heterocycles. The molecule has 0 unspecified atom stereocenters. The Morgan fingerprint density at radius 3 is 2.29 bits per heavy atom. The Morgan fingerprint density at radius 2 is 1.81 bits per heavy atom. The number of aliphatic hydroxyl groups is 1. The molecular weight excluding hydrogens is 271 g/mol. The molecule has 0 spiro atoms. The van der Waals surface area contributed by atoms with Crippen molar-refractivity contribution < 1.29 is 14.3 Å². The minimum atomic E-state index is -0.291. The van der Waals surface area contributed by atoms with E-state index in [2.05, 4.69) is 5.32 Å². The maximum atomic E-state index is 12.8. The van der Waals surface area contributed by atoms with E-state index in [1.54, 1.807) is 37.3 Å². The predicted molar refractivity (Wildman–Crippen MR) is 83.3 cm³/mol. The van der Waals surface area contributed by atoms with Gasteiger partial charge in [0.2, 0.25) is 0 Å². The first-order valence-corrected chi connectivity index (χ1v) is 6.51. The number of nitrogens with one attached hydrogen (secondary N) is 1. The van der Waals surface area contributed by atoms with Gasteiger partial charge in [0.1, 0.15) is 5.82 Å².